The van der Waals surface area contributed by atoms with Crippen molar-refractivity contribution in [1.29, 1.82) is 0 Å². The molecule has 2 unspecified atom stereocenters. The molecule has 0 amide bonds. The Hall–Kier alpha value is -3.37. The zero-order valence-corrected chi connectivity index (χ0v) is 22.6. The molecule has 208 valence electrons. The van der Waals surface area contributed by atoms with Crippen molar-refractivity contribution in [3.63, 3.8) is 0 Å². The number of fused-ring (bicyclic) bond motifs is 1. The van der Waals surface area contributed by atoms with Gasteiger partial charge in [-0.3, -0.25) is 9.88 Å². The molecule has 3 aliphatic heterocycles. The average Bonchev–Trinajstić information content (AvgIpc) is 2.88. The summed E-state index contributed by atoms with van der Waals surface area (Å²) in [5.41, 5.74) is 3.11. The van der Waals surface area contributed by atoms with Crippen molar-refractivity contribution in [3.8, 4) is 0 Å². The second-order valence-corrected chi connectivity index (χ2v) is 11.3. The third-order valence-corrected chi connectivity index (χ3v) is 7.06. The Kier molecular flexibility index (Phi) is 7.43. The second kappa shape index (κ2) is 10.7. The van der Waals surface area contributed by atoms with Crippen LogP contribution in [-0.4, -0.2) is 60.4 Å². The summed E-state index contributed by atoms with van der Waals surface area (Å²) in [6.07, 6.45) is 1.23. The van der Waals surface area contributed by atoms with Crippen molar-refractivity contribution in [2.45, 2.75) is 57.6 Å². The summed E-state index contributed by atoms with van der Waals surface area (Å²) in [6.45, 7) is 11.3. The predicted octanol–water partition coefficient (Wildman–Crippen LogP) is 5.36. The number of amidine groups is 1. The molecule has 1 aromatic carbocycles. The zero-order valence-electron chi connectivity index (χ0n) is 22.6. The molecule has 5 rings (SSSR count). The van der Waals surface area contributed by atoms with Gasteiger partial charge in [0.25, 0.3) is 0 Å². The quantitative estimate of drug-likeness (QED) is 0.485. The number of hydrogen-bond donors (Lipinski definition) is 3. The van der Waals surface area contributed by atoms with Gasteiger partial charge in [-0.15, -0.1) is 0 Å². The maximum absolute atomic E-state index is 13.8. The first-order valence-corrected chi connectivity index (χ1v) is 13.2. The lowest BCUT2D eigenvalue weighted by Crippen LogP contribution is -2.46. The van der Waals surface area contributed by atoms with E-state index in [1.165, 1.54) is 12.3 Å². The van der Waals surface area contributed by atoms with Gasteiger partial charge in [0.1, 0.15) is 12.0 Å². The van der Waals surface area contributed by atoms with Gasteiger partial charge in [-0.25, -0.2) is 4.99 Å². The van der Waals surface area contributed by atoms with Crippen molar-refractivity contribution in [1.82, 2.24) is 15.2 Å². The number of nitrogens with zero attached hydrogens (tertiary/aromatic N) is 3. The molecule has 10 heteroatoms. The number of pyridine rings is 1. The lowest BCUT2D eigenvalue weighted by Gasteiger charge is -2.35. The SMILES string of the molecule is C[C@H]1CN(CC2N=C(Nc3ccc(C(C)(C)C)nc3)c3ccc(C4NC=CC=C4C(F)(F)F)cc3N2)CCO1. The number of aliphatic imine (C=N–C) groups is 1. The van der Waals surface area contributed by atoms with Gasteiger partial charge in [0, 0.05) is 42.0 Å². The van der Waals surface area contributed by atoms with Crippen LogP contribution in [0.3, 0.4) is 0 Å². The first kappa shape index (κ1) is 27.2. The number of alkyl halides is 3. The number of benzene rings is 1. The molecule has 1 saturated heterocycles. The first-order valence-electron chi connectivity index (χ1n) is 13.2. The van der Waals surface area contributed by atoms with Crippen LogP contribution in [0.2, 0.25) is 0 Å². The highest BCUT2D eigenvalue weighted by Gasteiger charge is 2.40. The maximum atomic E-state index is 13.8. The Morgan fingerprint density at radius 2 is 1.97 bits per heavy atom. The average molecular weight is 541 g/mol. The van der Waals surface area contributed by atoms with Crippen LogP contribution >= 0.6 is 0 Å². The predicted molar refractivity (Wildman–Crippen MR) is 148 cm³/mol. The van der Waals surface area contributed by atoms with Crippen molar-refractivity contribution in [2.75, 3.05) is 36.9 Å². The van der Waals surface area contributed by atoms with Crippen LogP contribution in [0.1, 0.15) is 50.6 Å². The minimum Gasteiger partial charge on any atom is -0.380 e. The van der Waals surface area contributed by atoms with Crippen LogP contribution in [0.4, 0.5) is 24.5 Å². The van der Waals surface area contributed by atoms with Gasteiger partial charge in [-0.1, -0.05) is 32.9 Å². The smallest absolute Gasteiger partial charge is 0.380 e. The number of morpholine rings is 1. The van der Waals surface area contributed by atoms with Crippen molar-refractivity contribution in [3.05, 3.63) is 77.3 Å². The van der Waals surface area contributed by atoms with Gasteiger partial charge >= 0.3 is 6.18 Å². The summed E-state index contributed by atoms with van der Waals surface area (Å²) in [5.74, 6) is 0.648. The summed E-state index contributed by atoms with van der Waals surface area (Å²) < 4.78 is 47.0. The number of dihydropyridines is 1. The minimum atomic E-state index is -4.44. The summed E-state index contributed by atoms with van der Waals surface area (Å²) in [5, 5.41) is 9.75. The number of rotatable bonds is 4. The lowest BCUT2D eigenvalue weighted by molar-refractivity contribution is -0.0967. The highest BCUT2D eigenvalue weighted by atomic mass is 19.4. The van der Waals surface area contributed by atoms with Crippen LogP contribution in [0.5, 0.6) is 0 Å². The summed E-state index contributed by atoms with van der Waals surface area (Å²) in [7, 11) is 0. The van der Waals surface area contributed by atoms with Crippen molar-refractivity contribution < 1.29 is 17.9 Å². The Morgan fingerprint density at radius 1 is 1.15 bits per heavy atom. The molecule has 1 fully saturated rings. The molecule has 3 atom stereocenters. The largest absolute Gasteiger partial charge is 0.414 e. The minimum absolute atomic E-state index is 0.0692. The molecule has 0 radical (unpaired) electrons. The molecule has 7 nitrogen and oxygen atoms in total. The fourth-order valence-corrected chi connectivity index (χ4v) is 5.06. The molecule has 0 bridgehead atoms. The molecular formula is C29H35F3N6O. The zero-order chi connectivity index (χ0) is 27.8. The molecule has 1 aromatic heterocycles. The fourth-order valence-electron chi connectivity index (χ4n) is 5.06. The number of halogens is 3. The van der Waals surface area contributed by atoms with Gasteiger partial charge in [-0.05, 0) is 49.0 Å². The summed E-state index contributed by atoms with van der Waals surface area (Å²) >= 11 is 0. The van der Waals surface area contributed by atoms with Gasteiger partial charge in [-0.2, -0.15) is 13.2 Å². The molecule has 0 aliphatic carbocycles. The molecule has 4 heterocycles. The van der Waals surface area contributed by atoms with E-state index < -0.39 is 17.8 Å². The Morgan fingerprint density at radius 3 is 2.67 bits per heavy atom. The number of anilines is 2. The normalized spacial score (nSPS) is 23.7. The molecule has 0 spiro atoms. The Balaban J connectivity index is 1.45. The molecule has 0 saturated carbocycles. The van der Waals surface area contributed by atoms with E-state index in [4.69, 9.17) is 9.73 Å². The van der Waals surface area contributed by atoms with Crippen LogP contribution in [-0.2, 0) is 10.2 Å². The van der Waals surface area contributed by atoms with E-state index in [0.717, 1.165) is 41.8 Å². The van der Waals surface area contributed by atoms with Gasteiger partial charge in [0.2, 0.25) is 0 Å². The van der Waals surface area contributed by atoms with Gasteiger partial charge < -0.3 is 20.7 Å². The van der Waals surface area contributed by atoms with Crippen LogP contribution in [0.15, 0.2) is 65.4 Å². The third-order valence-electron chi connectivity index (χ3n) is 7.06. The van der Waals surface area contributed by atoms with Crippen molar-refractivity contribution in [2.24, 2.45) is 4.99 Å². The summed E-state index contributed by atoms with van der Waals surface area (Å²) in [4.78, 5) is 11.9. The standard InChI is InChI=1S/C29H35F3N6O/c1-18-16-38(12-13-39-18)17-25-36-23-14-19(26-22(29(30,31)32)6-5-11-33-26)7-9-21(23)27(37-25)35-20-8-10-24(34-15-20)28(2,3)4/h5-11,14-15,18,25-26,33,36H,12-13,16-17H2,1-4H3,(H,35,37)/t18-,25?,26?/m0/s1. The van der Waals surface area contributed by atoms with E-state index in [9.17, 15) is 13.2 Å². The lowest BCUT2D eigenvalue weighted by atomic mass is 9.92. The number of hydrogen-bond acceptors (Lipinski definition) is 7. The molecule has 3 N–H and O–H groups in total. The van der Waals surface area contributed by atoms with Crippen molar-refractivity contribution >= 4 is 17.2 Å². The van der Waals surface area contributed by atoms with Crippen LogP contribution in [0.25, 0.3) is 0 Å². The molecule has 2 aromatic rings. The number of allylic oxidation sites excluding steroid dienone is 2. The maximum Gasteiger partial charge on any atom is 0.414 e. The molecule has 3 aliphatic rings. The van der Waals surface area contributed by atoms with E-state index in [-0.39, 0.29) is 17.7 Å². The van der Waals surface area contributed by atoms with E-state index in [1.807, 2.05) is 25.1 Å². The van der Waals surface area contributed by atoms with Gasteiger partial charge in [0.05, 0.1) is 36.2 Å². The third kappa shape index (κ3) is 6.28. The monoisotopic (exact) mass is 540 g/mol. The van der Waals surface area contributed by atoms with E-state index in [1.54, 1.807) is 18.3 Å². The number of nitrogens with one attached hydrogen (secondary N) is 3. The highest BCUT2D eigenvalue weighted by molar-refractivity contribution is 6.12. The second-order valence-electron chi connectivity index (χ2n) is 11.3. The molecular weight excluding hydrogens is 505 g/mol. The summed E-state index contributed by atoms with van der Waals surface area (Å²) in [6, 6.07) is 8.31. The number of ether oxygens (including phenoxy) is 1. The van der Waals surface area contributed by atoms with Crippen LogP contribution in [0, 0.1) is 0 Å². The Labute approximate surface area is 227 Å². The molecule has 39 heavy (non-hydrogen) atoms. The van der Waals surface area contributed by atoms with Gasteiger partial charge in [0.15, 0.2) is 0 Å². The Bertz CT molecular complexity index is 1280. The first-order chi connectivity index (χ1) is 18.5. The van der Waals surface area contributed by atoms with Crippen LogP contribution < -0.4 is 16.0 Å². The topological polar surface area (TPSA) is 73.8 Å². The van der Waals surface area contributed by atoms with E-state index >= 15 is 0 Å². The van der Waals surface area contributed by atoms with E-state index in [2.05, 4.69) is 46.6 Å². The number of aromatic nitrogens is 1. The fraction of sp³-hybridized carbons (Fsp3) is 0.448. The highest BCUT2D eigenvalue weighted by Crippen LogP contribution is 2.39. The van der Waals surface area contributed by atoms with E-state index in [0.29, 0.717) is 24.6 Å².